The van der Waals surface area contributed by atoms with Crippen molar-refractivity contribution in [1.82, 2.24) is 5.43 Å². The monoisotopic (exact) mass is 264 g/mol. The number of nitrogens with one attached hydrogen (secondary N) is 1. The molecule has 0 spiro atoms. The molecule has 0 fully saturated rings. The van der Waals surface area contributed by atoms with Gasteiger partial charge in [-0.1, -0.05) is 11.6 Å². The number of nitrogens with two attached hydrogens (primary N) is 1. The van der Waals surface area contributed by atoms with Crippen molar-refractivity contribution in [2.45, 2.75) is 0 Å². The third-order valence-corrected chi connectivity index (χ3v) is 2.37. The number of aromatic hydroxyl groups is 1. The molecule has 0 unspecified atom stereocenters. The first kappa shape index (κ1) is 10.3. The van der Waals surface area contributed by atoms with Gasteiger partial charge in [-0.15, -0.1) is 0 Å². The summed E-state index contributed by atoms with van der Waals surface area (Å²) in [5.74, 6) is 4.36. The third kappa shape index (κ3) is 2.12. The van der Waals surface area contributed by atoms with E-state index >= 15 is 0 Å². The van der Waals surface area contributed by atoms with Crippen LogP contribution in [0, 0.1) is 0 Å². The molecule has 0 aliphatic rings. The number of phenolic OH excluding ortho intramolecular Hbond substituents is 1. The van der Waals surface area contributed by atoms with Gasteiger partial charge < -0.3 is 5.11 Å². The zero-order valence-electron chi connectivity index (χ0n) is 6.34. The number of carbonyl (C=O) groups excluding carboxylic acids is 1. The van der Waals surface area contributed by atoms with Crippen LogP contribution < -0.4 is 11.3 Å². The van der Waals surface area contributed by atoms with Gasteiger partial charge in [0, 0.05) is 4.47 Å². The summed E-state index contributed by atoms with van der Waals surface area (Å²) in [5, 5.41) is 9.25. The second-order valence-corrected chi connectivity index (χ2v) is 3.52. The molecule has 70 valence electrons. The van der Waals surface area contributed by atoms with E-state index < -0.39 is 5.91 Å². The number of carbonyl (C=O) groups is 1. The average molecular weight is 265 g/mol. The van der Waals surface area contributed by atoms with Crippen LogP contribution in [0.5, 0.6) is 5.75 Å². The Hall–Kier alpha value is -0.780. The summed E-state index contributed by atoms with van der Waals surface area (Å²) in [6.45, 7) is 0. The maximum absolute atomic E-state index is 11.1. The topological polar surface area (TPSA) is 75.3 Å². The second kappa shape index (κ2) is 3.95. The molecule has 6 heteroatoms. The molecule has 0 radical (unpaired) electrons. The molecular weight excluding hydrogens is 259 g/mol. The Kier molecular flexibility index (Phi) is 3.13. The fraction of sp³-hybridized carbons (Fsp3) is 0. The fourth-order valence-electron chi connectivity index (χ4n) is 0.788. The number of halogens is 2. The predicted octanol–water partition coefficient (Wildman–Crippen LogP) is 1.41. The summed E-state index contributed by atoms with van der Waals surface area (Å²) < 4.78 is 0.428. The van der Waals surface area contributed by atoms with Crippen molar-refractivity contribution in [3.8, 4) is 5.75 Å². The minimum atomic E-state index is -0.478. The molecule has 13 heavy (non-hydrogen) atoms. The Morgan fingerprint density at radius 1 is 1.62 bits per heavy atom. The van der Waals surface area contributed by atoms with Crippen LogP contribution in [0.3, 0.4) is 0 Å². The average Bonchev–Trinajstić information content (AvgIpc) is 2.10. The first-order valence-electron chi connectivity index (χ1n) is 3.25. The van der Waals surface area contributed by atoms with Gasteiger partial charge in [-0.05, 0) is 28.1 Å². The minimum absolute atomic E-state index is 0.0953. The zero-order chi connectivity index (χ0) is 10.0. The summed E-state index contributed by atoms with van der Waals surface area (Å²) in [6, 6.07) is 2.65. The van der Waals surface area contributed by atoms with Crippen LogP contribution >= 0.6 is 27.5 Å². The molecule has 0 aliphatic heterocycles. The Balaban J connectivity index is 3.23. The summed E-state index contributed by atoms with van der Waals surface area (Å²) in [4.78, 5) is 11.1. The first-order chi connectivity index (χ1) is 6.06. The number of hydrogen-bond acceptors (Lipinski definition) is 3. The van der Waals surface area contributed by atoms with E-state index in [1.54, 1.807) is 0 Å². The predicted molar refractivity (Wildman–Crippen MR) is 52.5 cm³/mol. The van der Waals surface area contributed by atoms with E-state index in [0.717, 1.165) is 0 Å². The van der Waals surface area contributed by atoms with Crippen molar-refractivity contribution in [3.05, 3.63) is 27.2 Å². The van der Waals surface area contributed by atoms with Gasteiger partial charge >= 0.3 is 0 Å². The molecule has 4 nitrogen and oxygen atoms in total. The number of phenols is 1. The van der Waals surface area contributed by atoms with E-state index in [-0.39, 0.29) is 16.3 Å². The molecule has 0 saturated carbocycles. The number of rotatable bonds is 1. The van der Waals surface area contributed by atoms with Gasteiger partial charge in [0.05, 0.1) is 10.6 Å². The SMILES string of the molecule is NNC(=O)c1cc(Cl)c(O)cc1Br. The maximum atomic E-state index is 11.1. The van der Waals surface area contributed by atoms with Gasteiger partial charge in [0.1, 0.15) is 5.75 Å². The highest BCUT2D eigenvalue weighted by atomic mass is 79.9. The van der Waals surface area contributed by atoms with E-state index in [1.807, 2.05) is 5.43 Å². The summed E-state index contributed by atoms with van der Waals surface area (Å²) in [6.07, 6.45) is 0. The van der Waals surface area contributed by atoms with E-state index in [0.29, 0.717) is 4.47 Å². The molecule has 1 aromatic rings. The second-order valence-electron chi connectivity index (χ2n) is 2.26. The summed E-state index contributed by atoms with van der Waals surface area (Å²) in [7, 11) is 0. The standard InChI is InChI=1S/C7H6BrClN2O2/c8-4-2-6(12)5(9)1-3(4)7(13)11-10/h1-2,12H,10H2,(H,11,13). The highest BCUT2D eigenvalue weighted by Gasteiger charge is 2.11. The quantitative estimate of drug-likeness (QED) is 0.408. The van der Waals surface area contributed by atoms with Crippen LogP contribution in [-0.2, 0) is 0 Å². The molecule has 1 aromatic carbocycles. The number of amides is 1. The van der Waals surface area contributed by atoms with Gasteiger partial charge in [0.15, 0.2) is 0 Å². The maximum Gasteiger partial charge on any atom is 0.266 e. The van der Waals surface area contributed by atoms with Crippen LogP contribution in [0.1, 0.15) is 10.4 Å². The molecule has 1 amide bonds. The van der Waals surface area contributed by atoms with E-state index in [2.05, 4.69) is 15.9 Å². The van der Waals surface area contributed by atoms with Crippen LogP contribution in [0.15, 0.2) is 16.6 Å². The van der Waals surface area contributed by atoms with Crippen LogP contribution in [-0.4, -0.2) is 11.0 Å². The highest BCUT2D eigenvalue weighted by molar-refractivity contribution is 9.10. The van der Waals surface area contributed by atoms with E-state index in [9.17, 15) is 4.79 Å². The van der Waals surface area contributed by atoms with Crippen molar-refractivity contribution in [2.24, 2.45) is 5.84 Å². The molecule has 0 saturated heterocycles. The lowest BCUT2D eigenvalue weighted by atomic mass is 10.2. The van der Waals surface area contributed by atoms with Crippen molar-refractivity contribution < 1.29 is 9.90 Å². The molecule has 0 bridgehead atoms. The molecule has 4 N–H and O–H groups in total. The number of hydrazine groups is 1. The lowest BCUT2D eigenvalue weighted by Gasteiger charge is -2.04. The molecule has 1 rings (SSSR count). The lowest BCUT2D eigenvalue weighted by molar-refractivity contribution is 0.0953. The molecular formula is C7H6BrClN2O2. The smallest absolute Gasteiger partial charge is 0.266 e. The largest absolute Gasteiger partial charge is 0.506 e. The van der Waals surface area contributed by atoms with Gasteiger partial charge in [-0.2, -0.15) is 0 Å². The first-order valence-corrected chi connectivity index (χ1v) is 4.42. The molecule has 0 atom stereocenters. The number of hydrogen-bond donors (Lipinski definition) is 3. The molecule has 0 heterocycles. The van der Waals surface area contributed by atoms with Gasteiger partial charge in [0.2, 0.25) is 0 Å². The van der Waals surface area contributed by atoms with E-state index in [4.69, 9.17) is 22.6 Å². The number of nitrogen functional groups attached to an aromatic ring is 1. The Labute approximate surface area is 87.8 Å². The summed E-state index contributed by atoms with van der Waals surface area (Å²) >= 11 is 8.68. The van der Waals surface area contributed by atoms with Crippen LogP contribution in [0.4, 0.5) is 0 Å². The van der Waals surface area contributed by atoms with Gasteiger partial charge in [0.25, 0.3) is 5.91 Å². The van der Waals surface area contributed by atoms with Crippen LogP contribution in [0.2, 0.25) is 5.02 Å². The molecule has 0 aromatic heterocycles. The number of benzene rings is 1. The fourth-order valence-corrected chi connectivity index (χ4v) is 1.46. The Morgan fingerprint density at radius 3 is 2.77 bits per heavy atom. The van der Waals surface area contributed by atoms with Crippen molar-refractivity contribution >= 4 is 33.4 Å². The van der Waals surface area contributed by atoms with Crippen molar-refractivity contribution in [1.29, 1.82) is 0 Å². The minimum Gasteiger partial charge on any atom is -0.506 e. The summed E-state index contributed by atoms with van der Waals surface area (Å²) in [5.41, 5.74) is 2.23. The van der Waals surface area contributed by atoms with Crippen molar-refractivity contribution in [2.75, 3.05) is 0 Å². The Bertz CT molecular complexity index is 357. The zero-order valence-corrected chi connectivity index (χ0v) is 8.69. The van der Waals surface area contributed by atoms with Gasteiger partial charge in [-0.3, -0.25) is 10.2 Å². The van der Waals surface area contributed by atoms with Crippen LogP contribution in [0.25, 0.3) is 0 Å². The lowest BCUT2D eigenvalue weighted by Crippen LogP contribution is -2.30. The van der Waals surface area contributed by atoms with Crippen molar-refractivity contribution in [3.63, 3.8) is 0 Å². The van der Waals surface area contributed by atoms with E-state index in [1.165, 1.54) is 12.1 Å². The molecule has 0 aliphatic carbocycles. The Morgan fingerprint density at radius 2 is 2.23 bits per heavy atom. The normalized spacial score (nSPS) is 9.77. The third-order valence-electron chi connectivity index (χ3n) is 1.41. The highest BCUT2D eigenvalue weighted by Crippen LogP contribution is 2.29. The van der Waals surface area contributed by atoms with Gasteiger partial charge in [-0.25, -0.2) is 5.84 Å².